The molecular formula is C20H9ClF12N2O5. The minimum absolute atomic E-state index is 0.152. The van der Waals surface area contributed by atoms with Crippen molar-refractivity contribution >= 4 is 6.29 Å². The number of imidazole rings is 1. The van der Waals surface area contributed by atoms with Gasteiger partial charge in [0.1, 0.15) is 23.8 Å². The molecule has 0 radical (unpaired) electrons. The maximum absolute atomic E-state index is 13.2. The SMILES string of the molecule is O=Cc1n(-c2cc(C(F)(F)F)cc(C(F)(F)F)c2)cc[n+]1-c1cc(C(F)(F)F)cc(C(F)(F)F)c1.[O-][Cl+3]([O-])([O-])[O-]. The van der Waals surface area contributed by atoms with Gasteiger partial charge in [0.05, 0.1) is 22.3 Å². The van der Waals surface area contributed by atoms with Gasteiger partial charge in [-0.3, -0.25) is 4.79 Å². The zero-order valence-electron chi connectivity index (χ0n) is 18.5. The number of benzene rings is 2. The van der Waals surface area contributed by atoms with E-state index in [4.69, 9.17) is 18.6 Å². The van der Waals surface area contributed by atoms with Gasteiger partial charge in [-0.2, -0.15) is 61.8 Å². The van der Waals surface area contributed by atoms with Gasteiger partial charge in [0.2, 0.25) is 6.29 Å². The second kappa shape index (κ2) is 10.9. The molecule has 3 aromatic rings. The van der Waals surface area contributed by atoms with Gasteiger partial charge in [-0.15, -0.1) is 10.2 Å². The Morgan fingerprint density at radius 2 is 0.950 bits per heavy atom. The smallest absolute Gasteiger partial charge is 0.289 e. The van der Waals surface area contributed by atoms with Crippen LogP contribution in [0.2, 0.25) is 0 Å². The Hall–Kier alpha value is -3.39. The standard InChI is InChI=1S/C20H9F12N2O.ClHO4/c21-17(22,23)10-3-11(18(24,25)26)6-14(5-10)33-1-2-34(16(33)9-35)15-7-12(19(27,28)29)4-13(8-15)20(30,31)32;2-1(3,4)5/h1-9H;(H,2,3,4,5)/q+1;/p-1. The van der Waals surface area contributed by atoms with Gasteiger partial charge in [-0.1, -0.05) is 0 Å². The van der Waals surface area contributed by atoms with Crippen molar-refractivity contribution in [1.82, 2.24) is 4.57 Å². The molecule has 20 heteroatoms. The lowest BCUT2D eigenvalue weighted by Crippen LogP contribution is -2.68. The second-order valence-corrected chi connectivity index (χ2v) is 8.18. The number of aromatic nitrogens is 2. The number of alkyl halides is 12. The Morgan fingerprint density at radius 3 is 1.25 bits per heavy atom. The van der Waals surface area contributed by atoms with Crippen LogP contribution in [0.15, 0.2) is 48.8 Å². The highest BCUT2D eigenvalue weighted by Gasteiger charge is 2.40. The quantitative estimate of drug-likeness (QED) is 0.252. The van der Waals surface area contributed by atoms with Gasteiger partial charge in [0, 0.05) is 0 Å². The van der Waals surface area contributed by atoms with Crippen molar-refractivity contribution in [2.45, 2.75) is 24.7 Å². The first-order valence-corrected chi connectivity index (χ1v) is 10.9. The molecule has 0 saturated carbocycles. The van der Waals surface area contributed by atoms with Crippen molar-refractivity contribution in [2.75, 3.05) is 0 Å². The van der Waals surface area contributed by atoms with Gasteiger partial charge in [0.15, 0.2) is 0 Å². The largest absolute Gasteiger partial charge is 0.416 e. The van der Waals surface area contributed by atoms with Gasteiger partial charge < -0.3 is 0 Å². The van der Waals surface area contributed by atoms with E-state index in [9.17, 15) is 57.5 Å². The number of hydrogen-bond acceptors (Lipinski definition) is 5. The fourth-order valence-electron chi connectivity index (χ4n) is 3.11. The Morgan fingerprint density at radius 1 is 0.625 bits per heavy atom. The highest BCUT2D eigenvalue weighted by molar-refractivity contribution is 5.69. The predicted octanol–water partition coefficient (Wildman–Crippen LogP) is 1.89. The summed E-state index contributed by atoms with van der Waals surface area (Å²) in [6, 6.07) is 0.563. The lowest BCUT2D eigenvalue weighted by Gasteiger charge is -2.17. The molecule has 3 rings (SSSR count). The molecule has 40 heavy (non-hydrogen) atoms. The van der Waals surface area contributed by atoms with E-state index >= 15 is 0 Å². The summed E-state index contributed by atoms with van der Waals surface area (Å²) in [6.45, 7) is 0. The lowest BCUT2D eigenvalue weighted by molar-refractivity contribution is -2.00. The third kappa shape index (κ3) is 8.55. The van der Waals surface area contributed by atoms with Gasteiger partial charge in [-0.25, -0.2) is 18.6 Å². The molecule has 0 N–H and O–H groups in total. The minimum Gasteiger partial charge on any atom is -0.289 e. The van der Waals surface area contributed by atoms with Crippen LogP contribution >= 0.6 is 0 Å². The van der Waals surface area contributed by atoms with Crippen molar-refractivity contribution in [3.8, 4) is 11.4 Å². The van der Waals surface area contributed by atoms with Gasteiger partial charge in [0.25, 0.3) is 0 Å². The van der Waals surface area contributed by atoms with E-state index < -0.39 is 74.4 Å². The molecule has 220 valence electrons. The Bertz CT molecular complexity index is 1210. The minimum atomic E-state index is -5.25. The van der Waals surface area contributed by atoms with E-state index in [0.29, 0.717) is 21.5 Å². The van der Waals surface area contributed by atoms with Crippen LogP contribution in [0.5, 0.6) is 0 Å². The molecule has 0 fully saturated rings. The third-order valence-electron chi connectivity index (χ3n) is 4.67. The lowest BCUT2D eigenvalue weighted by atomic mass is 10.1. The molecule has 7 nitrogen and oxygen atoms in total. The van der Waals surface area contributed by atoms with Crippen LogP contribution in [0.4, 0.5) is 52.7 Å². The number of hydrogen-bond donors (Lipinski definition) is 0. The van der Waals surface area contributed by atoms with Gasteiger partial charge in [-0.05, 0) is 36.4 Å². The summed E-state index contributed by atoms with van der Waals surface area (Å²) in [4.78, 5) is 11.7. The van der Waals surface area contributed by atoms with Gasteiger partial charge >= 0.3 is 30.5 Å². The van der Waals surface area contributed by atoms with Crippen molar-refractivity contribution in [3.05, 3.63) is 76.9 Å². The molecule has 0 atom stereocenters. The molecule has 0 spiro atoms. The molecule has 1 heterocycles. The highest BCUT2D eigenvalue weighted by Crippen LogP contribution is 2.38. The number of carbonyl (C=O) groups excluding carboxylic acids is 1. The summed E-state index contributed by atoms with van der Waals surface area (Å²) in [5.74, 6) is -0.857. The number of rotatable bonds is 3. The van der Waals surface area contributed by atoms with Crippen LogP contribution in [0, 0.1) is 10.2 Å². The monoisotopic (exact) mass is 620 g/mol. The predicted molar refractivity (Wildman–Crippen MR) is 92.7 cm³/mol. The van der Waals surface area contributed by atoms with E-state index in [1.54, 1.807) is 0 Å². The maximum Gasteiger partial charge on any atom is 0.416 e. The molecule has 1 aromatic heterocycles. The fourth-order valence-corrected chi connectivity index (χ4v) is 3.11. The van der Waals surface area contributed by atoms with Crippen molar-refractivity contribution in [2.24, 2.45) is 0 Å². The zero-order chi connectivity index (χ0) is 31.1. The normalized spacial score (nSPS) is 13.1. The highest BCUT2D eigenvalue weighted by atomic mass is 35.7. The molecular weight excluding hydrogens is 612 g/mol. The van der Waals surface area contributed by atoms with Crippen LogP contribution in [-0.4, -0.2) is 10.9 Å². The third-order valence-corrected chi connectivity index (χ3v) is 4.67. The summed E-state index contributed by atoms with van der Waals surface area (Å²) in [6.07, 6.45) is -19.7. The summed E-state index contributed by atoms with van der Waals surface area (Å²) in [5.41, 5.74) is -8.74. The second-order valence-electron chi connectivity index (χ2n) is 7.42. The van der Waals surface area contributed by atoms with Crippen LogP contribution in [0.25, 0.3) is 11.4 Å². The summed E-state index contributed by atoms with van der Waals surface area (Å²) in [7, 11) is -4.94. The van der Waals surface area contributed by atoms with E-state index in [-0.39, 0.29) is 42.7 Å². The molecule has 0 saturated heterocycles. The molecule has 0 aliphatic carbocycles. The van der Waals surface area contributed by atoms with Crippen LogP contribution in [0.3, 0.4) is 0 Å². The van der Waals surface area contributed by atoms with Crippen LogP contribution in [0.1, 0.15) is 32.9 Å². The molecule has 0 aliphatic rings. The van der Waals surface area contributed by atoms with E-state index in [2.05, 4.69) is 0 Å². The van der Waals surface area contributed by atoms with Crippen molar-refractivity contribution in [3.63, 3.8) is 0 Å². The van der Waals surface area contributed by atoms with E-state index in [1.807, 2.05) is 0 Å². The van der Waals surface area contributed by atoms with Crippen molar-refractivity contribution < 1.29 is 90.9 Å². The molecule has 0 aliphatic heterocycles. The summed E-state index contributed by atoms with van der Waals surface area (Å²) < 4.78 is 193. The number of aldehydes is 1. The van der Waals surface area contributed by atoms with E-state index in [0.717, 1.165) is 0 Å². The zero-order valence-corrected chi connectivity index (χ0v) is 19.3. The Labute approximate surface area is 215 Å². The number of carbonyl (C=O) groups is 1. The van der Waals surface area contributed by atoms with Crippen LogP contribution < -0.4 is 23.2 Å². The Balaban J connectivity index is 0.00000103. The molecule has 2 aromatic carbocycles. The summed E-state index contributed by atoms with van der Waals surface area (Å²) >= 11 is 0. The van der Waals surface area contributed by atoms with Crippen molar-refractivity contribution in [1.29, 1.82) is 0 Å². The molecule has 0 bridgehead atoms. The first-order valence-electron chi connectivity index (χ1n) is 9.62. The average Bonchev–Trinajstić information content (AvgIpc) is 3.19. The first-order chi connectivity index (χ1) is 17.8. The maximum atomic E-state index is 13.2. The number of halogens is 13. The average molecular weight is 621 g/mol. The summed E-state index contributed by atoms with van der Waals surface area (Å²) in [5, 5.41) is 0. The topological polar surface area (TPSA) is 118 Å². The number of nitrogens with zero attached hydrogens (tertiary/aromatic N) is 2. The van der Waals surface area contributed by atoms with E-state index in [1.165, 1.54) is 0 Å². The molecule has 0 amide bonds. The fraction of sp³-hybridized carbons (Fsp3) is 0.200. The first kappa shape index (κ1) is 32.8. The Kier molecular flexibility index (Phi) is 8.93. The van der Waals surface area contributed by atoms with Crippen LogP contribution in [-0.2, 0) is 24.7 Å². The molecule has 0 unspecified atom stereocenters.